The van der Waals surface area contributed by atoms with Crippen LogP contribution < -0.4 is 16.1 Å². The SMILES string of the molecule is NC(=S)N/N=C\c1ccc(N2CCCCC2)s1. The van der Waals surface area contributed by atoms with Gasteiger partial charge in [0.25, 0.3) is 0 Å². The fourth-order valence-electron chi connectivity index (χ4n) is 1.86. The van der Waals surface area contributed by atoms with E-state index in [1.165, 1.54) is 37.4 Å². The Labute approximate surface area is 110 Å². The molecule has 0 radical (unpaired) electrons. The number of thiocarbonyl (C=S) groups is 1. The molecule has 6 heteroatoms. The number of nitrogens with two attached hydrogens (primary N) is 1. The van der Waals surface area contributed by atoms with Gasteiger partial charge in [-0.3, -0.25) is 5.43 Å². The molecule has 4 nitrogen and oxygen atoms in total. The van der Waals surface area contributed by atoms with E-state index < -0.39 is 0 Å². The second-order valence-electron chi connectivity index (χ2n) is 3.96. The largest absolute Gasteiger partial charge is 0.375 e. The zero-order valence-corrected chi connectivity index (χ0v) is 11.2. The van der Waals surface area contributed by atoms with Crippen molar-refractivity contribution in [2.24, 2.45) is 10.8 Å². The third kappa shape index (κ3) is 3.67. The van der Waals surface area contributed by atoms with E-state index in [1.807, 2.05) is 0 Å². The van der Waals surface area contributed by atoms with Gasteiger partial charge in [0.1, 0.15) is 0 Å². The second kappa shape index (κ2) is 5.97. The first-order chi connectivity index (χ1) is 8.25. The molecule has 0 aliphatic carbocycles. The first-order valence-electron chi connectivity index (χ1n) is 5.69. The quantitative estimate of drug-likeness (QED) is 0.499. The van der Waals surface area contributed by atoms with Crippen LogP contribution in [0.3, 0.4) is 0 Å². The molecule has 0 bridgehead atoms. The molecule has 1 saturated heterocycles. The van der Waals surface area contributed by atoms with Crippen molar-refractivity contribution in [1.29, 1.82) is 0 Å². The number of hydrazone groups is 1. The monoisotopic (exact) mass is 268 g/mol. The van der Waals surface area contributed by atoms with E-state index in [1.54, 1.807) is 17.6 Å². The summed E-state index contributed by atoms with van der Waals surface area (Å²) in [5.74, 6) is 0. The highest BCUT2D eigenvalue weighted by atomic mass is 32.1. The highest BCUT2D eigenvalue weighted by Gasteiger charge is 2.12. The summed E-state index contributed by atoms with van der Waals surface area (Å²) in [6.45, 7) is 2.34. The zero-order valence-electron chi connectivity index (χ0n) is 9.56. The van der Waals surface area contributed by atoms with Crippen molar-refractivity contribution in [3.05, 3.63) is 17.0 Å². The molecule has 17 heavy (non-hydrogen) atoms. The minimum absolute atomic E-state index is 0.189. The number of rotatable bonds is 3. The van der Waals surface area contributed by atoms with Crippen LogP contribution >= 0.6 is 23.6 Å². The van der Waals surface area contributed by atoms with Gasteiger partial charge in [-0.2, -0.15) is 5.10 Å². The lowest BCUT2D eigenvalue weighted by atomic mass is 10.1. The number of thiophene rings is 1. The Balaban J connectivity index is 1.95. The average Bonchev–Trinajstić information content (AvgIpc) is 2.78. The topological polar surface area (TPSA) is 53.6 Å². The molecule has 3 N–H and O–H groups in total. The van der Waals surface area contributed by atoms with Crippen molar-refractivity contribution in [1.82, 2.24) is 5.43 Å². The van der Waals surface area contributed by atoms with Crippen LogP contribution in [-0.2, 0) is 0 Å². The minimum Gasteiger partial charge on any atom is -0.375 e. The standard InChI is InChI=1S/C11H16N4S2/c12-11(16)14-13-8-9-4-5-10(17-9)15-6-2-1-3-7-15/h4-5,8H,1-3,6-7H2,(H3,12,14,16)/b13-8-. The molecule has 2 rings (SSSR count). The maximum absolute atomic E-state index is 5.28. The lowest BCUT2D eigenvalue weighted by Gasteiger charge is -2.27. The van der Waals surface area contributed by atoms with E-state index in [-0.39, 0.29) is 5.11 Å². The van der Waals surface area contributed by atoms with E-state index in [9.17, 15) is 0 Å². The molecular weight excluding hydrogens is 252 g/mol. The van der Waals surface area contributed by atoms with Gasteiger partial charge >= 0.3 is 0 Å². The number of piperidine rings is 1. The van der Waals surface area contributed by atoms with Crippen molar-refractivity contribution < 1.29 is 0 Å². The predicted molar refractivity (Wildman–Crippen MR) is 77.9 cm³/mol. The smallest absolute Gasteiger partial charge is 0.184 e. The van der Waals surface area contributed by atoms with Crippen molar-refractivity contribution in [2.45, 2.75) is 19.3 Å². The third-order valence-electron chi connectivity index (χ3n) is 2.65. The normalized spacial score (nSPS) is 16.4. The summed E-state index contributed by atoms with van der Waals surface area (Å²) in [5, 5.41) is 5.46. The van der Waals surface area contributed by atoms with Gasteiger partial charge in [0.05, 0.1) is 11.2 Å². The zero-order chi connectivity index (χ0) is 12.1. The van der Waals surface area contributed by atoms with Crippen molar-refractivity contribution in [2.75, 3.05) is 18.0 Å². The molecule has 0 amide bonds. The molecule has 0 aromatic carbocycles. The molecule has 2 heterocycles. The van der Waals surface area contributed by atoms with Crippen LogP contribution in [-0.4, -0.2) is 24.4 Å². The van der Waals surface area contributed by atoms with Gasteiger partial charge in [-0.05, 0) is 43.6 Å². The number of nitrogens with one attached hydrogen (secondary N) is 1. The molecule has 1 aromatic rings. The van der Waals surface area contributed by atoms with Gasteiger partial charge < -0.3 is 10.6 Å². The van der Waals surface area contributed by atoms with Gasteiger partial charge in [-0.15, -0.1) is 11.3 Å². The molecule has 1 aliphatic heterocycles. The van der Waals surface area contributed by atoms with E-state index in [0.29, 0.717) is 0 Å². The molecule has 92 valence electrons. The van der Waals surface area contributed by atoms with Gasteiger partial charge in [-0.1, -0.05) is 0 Å². The molecule has 1 aromatic heterocycles. The first-order valence-corrected chi connectivity index (χ1v) is 6.91. The maximum Gasteiger partial charge on any atom is 0.184 e. The van der Waals surface area contributed by atoms with Gasteiger partial charge in [0, 0.05) is 18.0 Å². The van der Waals surface area contributed by atoms with Gasteiger partial charge in [0.2, 0.25) is 0 Å². The average molecular weight is 268 g/mol. The van der Waals surface area contributed by atoms with Gasteiger partial charge in [0.15, 0.2) is 5.11 Å². The highest BCUT2D eigenvalue weighted by molar-refractivity contribution is 7.80. The van der Waals surface area contributed by atoms with E-state index in [4.69, 9.17) is 5.73 Å². The summed E-state index contributed by atoms with van der Waals surface area (Å²) in [6.07, 6.45) is 5.69. The van der Waals surface area contributed by atoms with Crippen LogP contribution in [0.2, 0.25) is 0 Å². The minimum atomic E-state index is 0.189. The summed E-state index contributed by atoms with van der Waals surface area (Å²) in [5.41, 5.74) is 7.83. The molecule has 0 unspecified atom stereocenters. The van der Waals surface area contributed by atoms with Crippen molar-refractivity contribution in [3.63, 3.8) is 0 Å². The fraction of sp³-hybridized carbons (Fsp3) is 0.455. The summed E-state index contributed by atoms with van der Waals surface area (Å²) in [4.78, 5) is 3.54. The summed E-state index contributed by atoms with van der Waals surface area (Å²) in [6, 6.07) is 4.22. The number of nitrogens with zero attached hydrogens (tertiary/aromatic N) is 2. The number of anilines is 1. The van der Waals surface area contributed by atoms with Crippen molar-refractivity contribution >= 4 is 39.9 Å². The Morgan fingerprint density at radius 2 is 2.18 bits per heavy atom. The van der Waals surface area contributed by atoms with Crippen LogP contribution in [0.15, 0.2) is 17.2 Å². The highest BCUT2D eigenvalue weighted by Crippen LogP contribution is 2.27. The van der Waals surface area contributed by atoms with Crippen LogP contribution in [0.4, 0.5) is 5.00 Å². The van der Waals surface area contributed by atoms with Crippen molar-refractivity contribution in [3.8, 4) is 0 Å². The summed E-state index contributed by atoms with van der Waals surface area (Å²) < 4.78 is 0. The predicted octanol–water partition coefficient (Wildman–Crippen LogP) is 1.91. The molecule has 1 fully saturated rings. The van der Waals surface area contributed by atoms with Crippen LogP contribution in [0.25, 0.3) is 0 Å². The summed E-state index contributed by atoms with van der Waals surface area (Å²) in [7, 11) is 0. The maximum atomic E-state index is 5.28. The van der Waals surface area contributed by atoms with Crippen LogP contribution in [0, 0.1) is 0 Å². The Hall–Kier alpha value is -1.14. The Morgan fingerprint density at radius 1 is 1.41 bits per heavy atom. The Kier molecular flexibility index (Phi) is 4.33. The van der Waals surface area contributed by atoms with Crippen LogP contribution in [0.1, 0.15) is 24.1 Å². The van der Waals surface area contributed by atoms with Gasteiger partial charge in [-0.25, -0.2) is 0 Å². The third-order valence-corrected chi connectivity index (χ3v) is 3.82. The molecule has 0 atom stereocenters. The molecule has 1 aliphatic rings. The molecular formula is C11H16N4S2. The lowest BCUT2D eigenvalue weighted by Crippen LogP contribution is -2.28. The Bertz CT molecular complexity index is 407. The fourth-order valence-corrected chi connectivity index (χ4v) is 2.84. The first kappa shape index (κ1) is 12.3. The number of hydrogen-bond acceptors (Lipinski definition) is 4. The van der Waals surface area contributed by atoms with E-state index in [0.717, 1.165) is 4.88 Å². The molecule has 0 spiro atoms. The second-order valence-corrected chi connectivity index (χ2v) is 5.49. The molecule has 0 saturated carbocycles. The Morgan fingerprint density at radius 3 is 2.88 bits per heavy atom. The lowest BCUT2D eigenvalue weighted by molar-refractivity contribution is 0.580. The van der Waals surface area contributed by atoms with Crippen LogP contribution in [0.5, 0.6) is 0 Å². The van der Waals surface area contributed by atoms with E-state index >= 15 is 0 Å². The summed E-state index contributed by atoms with van der Waals surface area (Å²) >= 11 is 6.41. The van der Waals surface area contributed by atoms with E-state index in [2.05, 4.69) is 39.8 Å². The number of hydrogen-bond donors (Lipinski definition) is 2.